The summed E-state index contributed by atoms with van der Waals surface area (Å²) in [5.74, 6) is 1.07. The van der Waals surface area contributed by atoms with Crippen LogP contribution in [0.4, 0.5) is 11.4 Å². The smallest absolute Gasteiger partial charge is 0.0528 e. The third-order valence-corrected chi connectivity index (χ3v) is 4.95. The van der Waals surface area contributed by atoms with Gasteiger partial charge in [-0.1, -0.05) is 29.3 Å². The summed E-state index contributed by atoms with van der Waals surface area (Å²) in [7, 11) is 0. The maximum absolute atomic E-state index is 6.27. The normalized spacial score (nSPS) is 14.2. The average molecular weight is 325 g/mol. The lowest BCUT2D eigenvalue weighted by Crippen LogP contribution is -2.28. The monoisotopic (exact) mass is 324 g/mol. The quantitative estimate of drug-likeness (QED) is 0.813. The molecule has 0 fully saturated rings. The number of hydrogen-bond acceptors (Lipinski definition) is 3. The van der Waals surface area contributed by atoms with Gasteiger partial charge in [0.25, 0.3) is 0 Å². The SMILES string of the molecule is Nc1ccc2c(c1)N(Cc1ccc(Cl)cc1Cl)CCS2. The van der Waals surface area contributed by atoms with E-state index in [1.165, 1.54) is 10.6 Å². The van der Waals surface area contributed by atoms with Gasteiger partial charge in [0.05, 0.1) is 5.69 Å². The summed E-state index contributed by atoms with van der Waals surface area (Å²) in [5.41, 5.74) is 8.97. The minimum Gasteiger partial charge on any atom is -0.399 e. The van der Waals surface area contributed by atoms with Gasteiger partial charge in [0.2, 0.25) is 0 Å². The van der Waals surface area contributed by atoms with E-state index in [-0.39, 0.29) is 0 Å². The number of fused-ring (bicyclic) bond motifs is 1. The first kappa shape index (κ1) is 13.9. The Morgan fingerprint density at radius 3 is 2.80 bits per heavy atom. The highest BCUT2D eigenvalue weighted by atomic mass is 35.5. The summed E-state index contributed by atoms with van der Waals surface area (Å²) >= 11 is 14.1. The molecule has 0 amide bonds. The Morgan fingerprint density at radius 1 is 1.15 bits per heavy atom. The molecular formula is C15H14Cl2N2S. The summed E-state index contributed by atoms with van der Waals surface area (Å²) in [6.45, 7) is 1.76. The van der Waals surface area contributed by atoms with Crippen LogP contribution in [0.25, 0.3) is 0 Å². The van der Waals surface area contributed by atoms with E-state index in [9.17, 15) is 0 Å². The molecule has 1 aliphatic rings. The lowest BCUT2D eigenvalue weighted by molar-refractivity contribution is 0.818. The Kier molecular flexibility index (Phi) is 4.01. The number of thioether (sulfide) groups is 1. The summed E-state index contributed by atoms with van der Waals surface area (Å²) in [6.07, 6.45) is 0. The lowest BCUT2D eigenvalue weighted by atomic mass is 10.2. The Labute approximate surface area is 132 Å². The minimum atomic E-state index is 0.664. The number of halogens is 2. The van der Waals surface area contributed by atoms with Gasteiger partial charge in [-0.25, -0.2) is 0 Å². The third-order valence-electron chi connectivity index (χ3n) is 3.32. The zero-order chi connectivity index (χ0) is 14.1. The van der Waals surface area contributed by atoms with E-state index in [1.54, 1.807) is 6.07 Å². The molecule has 104 valence electrons. The summed E-state index contributed by atoms with van der Waals surface area (Å²) < 4.78 is 0. The maximum atomic E-state index is 6.27. The van der Waals surface area contributed by atoms with E-state index in [0.29, 0.717) is 10.0 Å². The number of anilines is 2. The van der Waals surface area contributed by atoms with Crippen molar-refractivity contribution in [1.82, 2.24) is 0 Å². The highest BCUT2D eigenvalue weighted by Gasteiger charge is 2.18. The zero-order valence-corrected chi connectivity index (χ0v) is 13.1. The number of nitrogen functional groups attached to an aromatic ring is 1. The van der Waals surface area contributed by atoms with Crippen LogP contribution in [0.5, 0.6) is 0 Å². The number of nitrogens with two attached hydrogens (primary N) is 1. The molecule has 0 radical (unpaired) electrons. The van der Waals surface area contributed by atoms with Crippen molar-refractivity contribution in [1.29, 1.82) is 0 Å². The molecule has 2 aromatic rings. The predicted molar refractivity (Wildman–Crippen MR) is 89.1 cm³/mol. The van der Waals surface area contributed by atoms with Crippen LogP contribution in [0.15, 0.2) is 41.3 Å². The van der Waals surface area contributed by atoms with Gasteiger partial charge in [-0.2, -0.15) is 0 Å². The molecule has 0 aliphatic carbocycles. The first-order valence-electron chi connectivity index (χ1n) is 6.35. The highest BCUT2D eigenvalue weighted by Crippen LogP contribution is 2.37. The number of rotatable bonds is 2. The van der Waals surface area contributed by atoms with Gasteiger partial charge in [0.1, 0.15) is 0 Å². The standard InChI is InChI=1S/C15H14Cl2N2S/c16-11-2-1-10(13(17)7-11)9-19-5-6-20-15-4-3-12(18)8-14(15)19/h1-4,7-8H,5-6,9,18H2. The molecule has 3 rings (SSSR count). The van der Waals surface area contributed by atoms with E-state index in [4.69, 9.17) is 28.9 Å². The lowest BCUT2D eigenvalue weighted by Gasteiger charge is -2.31. The summed E-state index contributed by atoms with van der Waals surface area (Å²) in [5, 5.41) is 1.37. The van der Waals surface area contributed by atoms with Crippen molar-refractivity contribution >= 4 is 46.3 Å². The van der Waals surface area contributed by atoms with Crippen LogP contribution < -0.4 is 10.6 Å². The zero-order valence-electron chi connectivity index (χ0n) is 10.8. The van der Waals surface area contributed by atoms with Gasteiger partial charge >= 0.3 is 0 Å². The van der Waals surface area contributed by atoms with E-state index >= 15 is 0 Å². The fraction of sp³-hybridized carbons (Fsp3) is 0.200. The van der Waals surface area contributed by atoms with Crippen molar-refractivity contribution in [3.63, 3.8) is 0 Å². The number of hydrogen-bond donors (Lipinski definition) is 1. The fourth-order valence-corrected chi connectivity index (χ4v) is 3.81. The van der Waals surface area contributed by atoms with Gasteiger partial charge in [-0.3, -0.25) is 0 Å². The summed E-state index contributed by atoms with van der Waals surface area (Å²) in [4.78, 5) is 3.59. The third kappa shape index (κ3) is 2.85. The minimum absolute atomic E-state index is 0.664. The first-order chi connectivity index (χ1) is 9.63. The largest absolute Gasteiger partial charge is 0.399 e. The molecule has 1 aliphatic heterocycles. The molecule has 0 atom stereocenters. The molecule has 2 nitrogen and oxygen atoms in total. The highest BCUT2D eigenvalue weighted by molar-refractivity contribution is 7.99. The molecule has 1 heterocycles. The topological polar surface area (TPSA) is 29.3 Å². The fourth-order valence-electron chi connectivity index (χ4n) is 2.31. The maximum Gasteiger partial charge on any atom is 0.0528 e. The molecular weight excluding hydrogens is 311 g/mol. The number of benzene rings is 2. The number of nitrogens with zero attached hydrogens (tertiary/aromatic N) is 1. The van der Waals surface area contributed by atoms with Crippen LogP contribution in [0.2, 0.25) is 10.0 Å². The molecule has 0 spiro atoms. The molecule has 0 aromatic heterocycles. The molecule has 0 saturated carbocycles. The van der Waals surface area contributed by atoms with E-state index < -0.39 is 0 Å². The van der Waals surface area contributed by atoms with Gasteiger partial charge < -0.3 is 10.6 Å². The molecule has 0 bridgehead atoms. The van der Waals surface area contributed by atoms with Crippen LogP contribution in [-0.4, -0.2) is 12.3 Å². The second kappa shape index (κ2) is 5.76. The van der Waals surface area contributed by atoms with Crippen molar-refractivity contribution in [3.05, 3.63) is 52.0 Å². The van der Waals surface area contributed by atoms with Gasteiger partial charge in [0, 0.05) is 39.5 Å². The van der Waals surface area contributed by atoms with E-state index in [2.05, 4.69) is 11.0 Å². The van der Waals surface area contributed by atoms with E-state index in [1.807, 2.05) is 36.0 Å². The molecule has 5 heteroatoms. The molecule has 0 saturated heterocycles. The second-order valence-corrected chi connectivity index (χ2v) is 6.71. The van der Waals surface area contributed by atoms with Crippen LogP contribution in [-0.2, 0) is 6.54 Å². The molecule has 2 aromatic carbocycles. The first-order valence-corrected chi connectivity index (χ1v) is 8.09. The Bertz CT molecular complexity index is 646. The molecule has 2 N–H and O–H groups in total. The van der Waals surface area contributed by atoms with Crippen molar-refractivity contribution in [2.45, 2.75) is 11.4 Å². The average Bonchev–Trinajstić information content (AvgIpc) is 2.42. The van der Waals surface area contributed by atoms with Crippen LogP contribution >= 0.6 is 35.0 Å². The predicted octanol–water partition coefficient (Wildman–Crippen LogP) is 4.69. The van der Waals surface area contributed by atoms with Crippen LogP contribution in [0, 0.1) is 0 Å². The van der Waals surface area contributed by atoms with Gasteiger partial charge in [-0.05, 0) is 35.9 Å². The van der Waals surface area contributed by atoms with Crippen molar-refractivity contribution in [3.8, 4) is 0 Å². The van der Waals surface area contributed by atoms with Crippen LogP contribution in [0.1, 0.15) is 5.56 Å². The van der Waals surface area contributed by atoms with Gasteiger partial charge in [-0.15, -0.1) is 11.8 Å². The Morgan fingerprint density at radius 2 is 2.00 bits per heavy atom. The molecule has 20 heavy (non-hydrogen) atoms. The van der Waals surface area contributed by atoms with Crippen LogP contribution in [0.3, 0.4) is 0 Å². The Hall–Kier alpha value is -1.03. The van der Waals surface area contributed by atoms with Crippen molar-refractivity contribution < 1.29 is 0 Å². The Balaban J connectivity index is 1.91. The summed E-state index contributed by atoms with van der Waals surface area (Å²) in [6, 6.07) is 11.7. The van der Waals surface area contributed by atoms with Gasteiger partial charge in [0.15, 0.2) is 0 Å². The second-order valence-electron chi connectivity index (χ2n) is 4.73. The van der Waals surface area contributed by atoms with E-state index in [0.717, 1.165) is 30.1 Å². The molecule has 0 unspecified atom stereocenters. The van der Waals surface area contributed by atoms with Crippen molar-refractivity contribution in [2.24, 2.45) is 0 Å². The van der Waals surface area contributed by atoms with Crippen molar-refractivity contribution in [2.75, 3.05) is 22.9 Å².